The van der Waals surface area contributed by atoms with Gasteiger partial charge >= 0.3 is 0 Å². The summed E-state index contributed by atoms with van der Waals surface area (Å²) in [6.07, 6.45) is 1.17. The molecule has 2 amide bonds. The molecule has 1 N–H and O–H groups in total. The number of hydrogen-bond donors (Lipinski definition) is 1. The molecule has 5 nitrogen and oxygen atoms in total. The molecule has 0 spiro atoms. The minimum Gasteiger partial charge on any atom is -0.351 e. The van der Waals surface area contributed by atoms with Gasteiger partial charge in [0.1, 0.15) is 16.7 Å². The predicted molar refractivity (Wildman–Crippen MR) is 144 cm³/mol. The fraction of sp³-hybridized carbons (Fsp3) is 0.179. The first-order valence-corrected chi connectivity index (χ1v) is 12.9. The Hall–Kier alpha value is -3.34. The normalized spacial score (nSPS) is 16.7. The van der Waals surface area contributed by atoms with Crippen LogP contribution in [0.3, 0.4) is 0 Å². The van der Waals surface area contributed by atoms with Crippen LogP contribution >= 0.6 is 27.7 Å². The Labute approximate surface area is 218 Å². The van der Waals surface area contributed by atoms with Gasteiger partial charge in [0.15, 0.2) is 0 Å². The van der Waals surface area contributed by atoms with Crippen molar-refractivity contribution in [3.8, 4) is 6.07 Å². The van der Waals surface area contributed by atoms with E-state index in [0.29, 0.717) is 30.1 Å². The van der Waals surface area contributed by atoms with E-state index < -0.39 is 11.2 Å². The zero-order valence-electron chi connectivity index (χ0n) is 19.2. The number of halogens is 1. The number of anilines is 1. The quantitative estimate of drug-likeness (QED) is 0.312. The highest BCUT2D eigenvalue weighted by atomic mass is 79.9. The molecule has 0 bridgehead atoms. The van der Waals surface area contributed by atoms with E-state index in [2.05, 4.69) is 27.3 Å². The molecule has 3 aromatic carbocycles. The number of nitriles is 1. The third-order valence-corrected chi connectivity index (χ3v) is 7.59. The lowest BCUT2D eigenvalue weighted by Crippen LogP contribution is -2.32. The lowest BCUT2D eigenvalue weighted by molar-refractivity contribution is -0.117. The molecule has 7 heteroatoms. The first-order valence-electron chi connectivity index (χ1n) is 11.2. The SMILES string of the molecule is Cc1ccccc1C[C@H]1S/C(=C(/C#N)C(=O)NCCc2ccccc2)N(c2ccc(Br)cc2)C1=O. The van der Waals surface area contributed by atoms with Gasteiger partial charge in [-0.05, 0) is 60.7 Å². The summed E-state index contributed by atoms with van der Waals surface area (Å²) in [6.45, 7) is 2.41. The molecule has 1 atom stereocenters. The molecular formula is C28H24BrN3O2S. The third kappa shape index (κ3) is 5.84. The largest absolute Gasteiger partial charge is 0.351 e. The molecule has 0 unspecified atom stereocenters. The Morgan fingerprint density at radius 1 is 1.06 bits per heavy atom. The number of carbonyl (C=O) groups is 2. The molecule has 176 valence electrons. The van der Waals surface area contributed by atoms with Gasteiger partial charge < -0.3 is 5.32 Å². The van der Waals surface area contributed by atoms with Crippen LogP contribution < -0.4 is 10.2 Å². The van der Waals surface area contributed by atoms with Crippen molar-refractivity contribution in [3.05, 3.63) is 111 Å². The lowest BCUT2D eigenvalue weighted by atomic mass is 10.0. The number of nitrogens with one attached hydrogen (secondary N) is 1. The summed E-state index contributed by atoms with van der Waals surface area (Å²) >= 11 is 4.71. The number of thioether (sulfide) groups is 1. The second-order valence-electron chi connectivity index (χ2n) is 8.17. The molecular weight excluding hydrogens is 522 g/mol. The highest BCUT2D eigenvalue weighted by molar-refractivity contribution is 9.10. The maximum absolute atomic E-state index is 13.6. The van der Waals surface area contributed by atoms with Gasteiger partial charge in [-0.2, -0.15) is 5.26 Å². The summed E-state index contributed by atoms with van der Waals surface area (Å²) in [4.78, 5) is 28.1. The maximum Gasteiger partial charge on any atom is 0.264 e. The van der Waals surface area contributed by atoms with Crippen molar-refractivity contribution in [1.29, 1.82) is 5.26 Å². The molecule has 0 saturated carbocycles. The molecule has 4 rings (SSSR count). The zero-order valence-corrected chi connectivity index (χ0v) is 21.6. The van der Waals surface area contributed by atoms with Gasteiger partial charge in [-0.1, -0.05) is 82.3 Å². The van der Waals surface area contributed by atoms with Crippen LogP contribution in [0, 0.1) is 18.3 Å². The van der Waals surface area contributed by atoms with Crippen LogP contribution in [0.2, 0.25) is 0 Å². The van der Waals surface area contributed by atoms with Crippen LogP contribution in [0.25, 0.3) is 0 Å². The number of nitrogens with zero attached hydrogens (tertiary/aromatic N) is 2. The highest BCUT2D eigenvalue weighted by Gasteiger charge is 2.40. The molecule has 1 saturated heterocycles. The van der Waals surface area contributed by atoms with Crippen LogP contribution in [0.4, 0.5) is 5.69 Å². The van der Waals surface area contributed by atoms with E-state index in [1.165, 1.54) is 16.7 Å². The van der Waals surface area contributed by atoms with E-state index >= 15 is 0 Å². The average molecular weight is 546 g/mol. The van der Waals surface area contributed by atoms with Gasteiger partial charge in [0, 0.05) is 16.7 Å². The van der Waals surface area contributed by atoms with Crippen LogP contribution in [0.5, 0.6) is 0 Å². The van der Waals surface area contributed by atoms with Gasteiger partial charge in [-0.3, -0.25) is 14.5 Å². The minimum atomic E-state index is -0.475. The smallest absolute Gasteiger partial charge is 0.264 e. The number of aryl methyl sites for hydroxylation is 1. The Kier molecular flexibility index (Phi) is 8.06. The molecule has 35 heavy (non-hydrogen) atoms. The standard InChI is InChI=1S/C28H24BrN3O2S/c1-19-7-5-6-10-21(19)17-25-27(34)32(23-13-11-22(29)12-14-23)28(35-25)24(18-30)26(33)31-16-15-20-8-3-2-4-9-20/h2-14,25H,15-17H2,1H3,(H,31,33)/b28-24-/t25-/m1/s1. The molecule has 1 aliphatic rings. The number of benzene rings is 3. The highest BCUT2D eigenvalue weighted by Crippen LogP contribution is 2.42. The first kappa shape index (κ1) is 24.8. The second-order valence-corrected chi connectivity index (χ2v) is 10.3. The van der Waals surface area contributed by atoms with E-state index in [-0.39, 0.29) is 11.5 Å². The Balaban J connectivity index is 1.62. The first-order chi connectivity index (χ1) is 17.0. The van der Waals surface area contributed by atoms with E-state index in [4.69, 9.17) is 0 Å². The Morgan fingerprint density at radius 2 is 1.74 bits per heavy atom. The lowest BCUT2D eigenvalue weighted by Gasteiger charge is -2.19. The summed E-state index contributed by atoms with van der Waals surface area (Å²) in [5, 5.41) is 12.7. The van der Waals surface area contributed by atoms with E-state index in [0.717, 1.165) is 21.2 Å². The van der Waals surface area contributed by atoms with Gasteiger partial charge in [0.25, 0.3) is 5.91 Å². The van der Waals surface area contributed by atoms with Crippen molar-refractivity contribution in [3.63, 3.8) is 0 Å². The van der Waals surface area contributed by atoms with Crippen LogP contribution in [0.1, 0.15) is 16.7 Å². The average Bonchev–Trinajstić information content (AvgIpc) is 3.17. The van der Waals surface area contributed by atoms with Crippen molar-refractivity contribution in [2.45, 2.75) is 25.0 Å². The zero-order chi connectivity index (χ0) is 24.8. The Morgan fingerprint density at radius 3 is 2.43 bits per heavy atom. The maximum atomic E-state index is 13.6. The number of hydrogen-bond acceptors (Lipinski definition) is 4. The number of rotatable bonds is 7. The Bertz CT molecular complexity index is 1300. The molecule has 0 aliphatic carbocycles. The molecule has 0 aromatic heterocycles. The van der Waals surface area contributed by atoms with Gasteiger partial charge in [-0.25, -0.2) is 0 Å². The number of amides is 2. The molecule has 0 radical (unpaired) electrons. The summed E-state index contributed by atoms with van der Waals surface area (Å²) in [5.74, 6) is -0.613. The van der Waals surface area contributed by atoms with Crippen molar-refractivity contribution < 1.29 is 9.59 Å². The number of carbonyl (C=O) groups excluding carboxylic acids is 2. The predicted octanol–water partition coefficient (Wildman–Crippen LogP) is 5.54. The summed E-state index contributed by atoms with van der Waals surface area (Å²) in [5.41, 5.74) is 3.84. The van der Waals surface area contributed by atoms with Crippen LogP contribution in [-0.2, 0) is 22.4 Å². The fourth-order valence-electron chi connectivity index (χ4n) is 3.90. The van der Waals surface area contributed by atoms with Gasteiger partial charge in [-0.15, -0.1) is 0 Å². The van der Waals surface area contributed by atoms with Crippen molar-refractivity contribution in [2.75, 3.05) is 11.4 Å². The van der Waals surface area contributed by atoms with E-state index in [9.17, 15) is 14.9 Å². The van der Waals surface area contributed by atoms with Gasteiger partial charge in [0.2, 0.25) is 5.91 Å². The van der Waals surface area contributed by atoms with E-state index in [1.54, 1.807) is 12.1 Å². The second kappa shape index (κ2) is 11.4. The van der Waals surface area contributed by atoms with Crippen LogP contribution in [-0.4, -0.2) is 23.6 Å². The molecule has 1 heterocycles. The third-order valence-electron chi connectivity index (χ3n) is 5.80. The molecule has 1 aliphatic heterocycles. The van der Waals surface area contributed by atoms with E-state index in [1.807, 2.05) is 73.7 Å². The van der Waals surface area contributed by atoms with Crippen LogP contribution in [0.15, 0.2) is 93.9 Å². The fourth-order valence-corrected chi connectivity index (χ4v) is 5.46. The van der Waals surface area contributed by atoms with Crippen molar-refractivity contribution >= 4 is 45.2 Å². The monoisotopic (exact) mass is 545 g/mol. The van der Waals surface area contributed by atoms with Crippen molar-refractivity contribution in [2.24, 2.45) is 0 Å². The topological polar surface area (TPSA) is 73.2 Å². The summed E-state index contributed by atoms with van der Waals surface area (Å²) in [6, 6.07) is 27.1. The molecule has 1 fully saturated rings. The molecule has 3 aromatic rings. The van der Waals surface area contributed by atoms with Gasteiger partial charge in [0.05, 0.1) is 5.25 Å². The van der Waals surface area contributed by atoms with Crippen molar-refractivity contribution in [1.82, 2.24) is 5.32 Å². The minimum absolute atomic E-state index is 0.0494. The summed E-state index contributed by atoms with van der Waals surface area (Å²) < 4.78 is 0.877. The summed E-state index contributed by atoms with van der Waals surface area (Å²) in [7, 11) is 0.